The van der Waals surface area contributed by atoms with Gasteiger partial charge in [-0.2, -0.15) is 0 Å². The Morgan fingerprint density at radius 2 is 2.19 bits per heavy atom. The van der Waals surface area contributed by atoms with Crippen molar-refractivity contribution in [3.05, 3.63) is 35.4 Å². The SMILES string of the molecule is OCC1CCN(Cc2cc(F)ccc2F)C1. The summed E-state index contributed by atoms with van der Waals surface area (Å²) in [4.78, 5) is 2.04. The second kappa shape index (κ2) is 4.89. The van der Waals surface area contributed by atoms with E-state index in [1.165, 1.54) is 6.07 Å². The van der Waals surface area contributed by atoms with Crippen LogP contribution in [0.4, 0.5) is 8.78 Å². The summed E-state index contributed by atoms with van der Waals surface area (Å²) in [6.45, 7) is 2.18. The Morgan fingerprint density at radius 3 is 2.88 bits per heavy atom. The minimum Gasteiger partial charge on any atom is -0.396 e. The van der Waals surface area contributed by atoms with Crippen LogP contribution in [0.15, 0.2) is 18.2 Å². The third-order valence-electron chi connectivity index (χ3n) is 3.03. The summed E-state index contributed by atoms with van der Waals surface area (Å²) in [5.74, 6) is -0.500. The lowest BCUT2D eigenvalue weighted by Crippen LogP contribution is -2.21. The largest absolute Gasteiger partial charge is 0.396 e. The van der Waals surface area contributed by atoms with Crippen LogP contribution in [-0.2, 0) is 6.54 Å². The fraction of sp³-hybridized carbons (Fsp3) is 0.500. The molecular formula is C12H15F2NO. The first kappa shape index (κ1) is 11.5. The molecule has 2 rings (SSSR count). The number of benzene rings is 1. The zero-order valence-electron chi connectivity index (χ0n) is 9.00. The van der Waals surface area contributed by atoms with Crippen molar-refractivity contribution < 1.29 is 13.9 Å². The number of rotatable bonds is 3. The van der Waals surface area contributed by atoms with Crippen LogP contribution >= 0.6 is 0 Å². The topological polar surface area (TPSA) is 23.5 Å². The van der Waals surface area contributed by atoms with Crippen LogP contribution in [0.1, 0.15) is 12.0 Å². The molecule has 1 aliphatic rings. The lowest BCUT2D eigenvalue weighted by Gasteiger charge is -2.16. The number of hydrogen-bond donors (Lipinski definition) is 1. The van der Waals surface area contributed by atoms with Crippen molar-refractivity contribution in [2.24, 2.45) is 5.92 Å². The molecule has 1 saturated heterocycles. The van der Waals surface area contributed by atoms with Crippen LogP contribution in [-0.4, -0.2) is 29.7 Å². The summed E-state index contributed by atoms with van der Waals surface area (Å²) in [5, 5.41) is 8.99. The Labute approximate surface area is 93.5 Å². The molecule has 88 valence electrons. The Balaban J connectivity index is 2.01. The maximum Gasteiger partial charge on any atom is 0.127 e. The van der Waals surface area contributed by atoms with Gasteiger partial charge in [0.25, 0.3) is 0 Å². The minimum absolute atomic E-state index is 0.169. The normalized spacial score (nSPS) is 21.6. The molecule has 0 aliphatic carbocycles. The van der Waals surface area contributed by atoms with Crippen molar-refractivity contribution in [1.82, 2.24) is 4.90 Å². The standard InChI is InChI=1S/C12H15F2NO/c13-11-1-2-12(14)10(5-11)7-15-4-3-9(6-15)8-16/h1-2,5,9,16H,3-4,6-8H2. The number of nitrogens with zero attached hydrogens (tertiary/aromatic N) is 1. The highest BCUT2D eigenvalue weighted by atomic mass is 19.1. The summed E-state index contributed by atoms with van der Waals surface area (Å²) < 4.78 is 26.3. The van der Waals surface area contributed by atoms with E-state index in [0.717, 1.165) is 31.6 Å². The molecule has 1 N–H and O–H groups in total. The maximum absolute atomic E-state index is 13.4. The average Bonchev–Trinajstić information content (AvgIpc) is 2.71. The van der Waals surface area contributed by atoms with E-state index in [1.54, 1.807) is 0 Å². The summed E-state index contributed by atoms with van der Waals surface area (Å²) in [6, 6.07) is 3.52. The van der Waals surface area contributed by atoms with Gasteiger partial charge in [0.15, 0.2) is 0 Å². The van der Waals surface area contributed by atoms with Gasteiger partial charge in [0, 0.05) is 25.3 Å². The van der Waals surface area contributed by atoms with Gasteiger partial charge in [0.2, 0.25) is 0 Å². The van der Waals surface area contributed by atoms with Crippen LogP contribution in [0.3, 0.4) is 0 Å². The number of aliphatic hydroxyl groups excluding tert-OH is 1. The van der Waals surface area contributed by atoms with E-state index in [-0.39, 0.29) is 18.3 Å². The van der Waals surface area contributed by atoms with E-state index in [2.05, 4.69) is 0 Å². The van der Waals surface area contributed by atoms with Gasteiger partial charge in [-0.25, -0.2) is 8.78 Å². The van der Waals surface area contributed by atoms with Crippen LogP contribution in [0.5, 0.6) is 0 Å². The average molecular weight is 227 g/mol. The predicted molar refractivity (Wildman–Crippen MR) is 56.8 cm³/mol. The molecule has 0 bridgehead atoms. The summed E-state index contributed by atoms with van der Waals surface area (Å²) in [6.07, 6.45) is 0.924. The van der Waals surface area contributed by atoms with Crippen molar-refractivity contribution in [1.29, 1.82) is 0 Å². The first-order chi connectivity index (χ1) is 7.69. The molecule has 16 heavy (non-hydrogen) atoms. The Morgan fingerprint density at radius 1 is 1.38 bits per heavy atom. The van der Waals surface area contributed by atoms with Crippen molar-refractivity contribution in [2.45, 2.75) is 13.0 Å². The fourth-order valence-electron chi connectivity index (χ4n) is 2.11. The van der Waals surface area contributed by atoms with Crippen LogP contribution in [0.25, 0.3) is 0 Å². The summed E-state index contributed by atoms with van der Waals surface area (Å²) >= 11 is 0. The summed E-state index contributed by atoms with van der Waals surface area (Å²) in [7, 11) is 0. The van der Waals surface area contributed by atoms with Gasteiger partial charge >= 0.3 is 0 Å². The predicted octanol–water partition coefficient (Wildman–Crippen LogP) is 1.78. The Hall–Kier alpha value is -1.00. The smallest absolute Gasteiger partial charge is 0.127 e. The van der Waals surface area contributed by atoms with Crippen LogP contribution < -0.4 is 0 Å². The maximum atomic E-state index is 13.4. The number of hydrogen-bond acceptors (Lipinski definition) is 2. The molecule has 1 aromatic carbocycles. The molecule has 0 aromatic heterocycles. The van der Waals surface area contributed by atoms with Gasteiger partial charge in [-0.3, -0.25) is 4.90 Å². The Kier molecular flexibility index (Phi) is 3.51. The van der Waals surface area contributed by atoms with Crippen molar-refractivity contribution >= 4 is 0 Å². The highest BCUT2D eigenvalue weighted by Gasteiger charge is 2.22. The molecule has 0 radical (unpaired) electrons. The van der Waals surface area contributed by atoms with E-state index in [0.29, 0.717) is 12.1 Å². The molecule has 1 atom stereocenters. The third kappa shape index (κ3) is 2.57. The van der Waals surface area contributed by atoms with Gasteiger partial charge in [0.1, 0.15) is 11.6 Å². The highest BCUT2D eigenvalue weighted by molar-refractivity contribution is 5.18. The lowest BCUT2D eigenvalue weighted by atomic mass is 10.1. The van der Waals surface area contributed by atoms with E-state index < -0.39 is 5.82 Å². The molecular weight excluding hydrogens is 212 g/mol. The Bertz CT molecular complexity index is 370. The fourth-order valence-corrected chi connectivity index (χ4v) is 2.11. The zero-order valence-corrected chi connectivity index (χ0v) is 9.00. The zero-order chi connectivity index (χ0) is 11.5. The summed E-state index contributed by atoms with van der Waals surface area (Å²) in [5.41, 5.74) is 0.388. The van der Waals surface area contributed by atoms with Gasteiger partial charge in [0.05, 0.1) is 0 Å². The quantitative estimate of drug-likeness (QED) is 0.850. The van der Waals surface area contributed by atoms with Crippen molar-refractivity contribution in [3.63, 3.8) is 0 Å². The first-order valence-corrected chi connectivity index (χ1v) is 5.46. The number of halogens is 2. The molecule has 1 heterocycles. The van der Waals surface area contributed by atoms with Crippen molar-refractivity contribution in [3.8, 4) is 0 Å². The van der Waals surface area contributed by atoms with Crippen LogP contribution in [0, 0.1) is 17.6 Å². The molecule has 1 aliphatic heterocycles. The van der Waals surface area contributed by atoms with Crippen molar-refractivity contribution in [2.75, 3.05) is 19.7 Å². The molecule has 0 spiro atoms. The molecule has 1 aromatic rings. The molecule has 0 saturated carbocycles. The van der Waals surface area contributed by atoms with E-state index >= 15 is 0 Å². The van der Waals surface area contributed by atoms with E-state index in [1.807, 2.05) is 4.90 Å². The van der Waals surface area contributed by atoms with Gasteiger partial charge < -0.3 is 5.11 Å². The second-order valence-electron chi connectivity index (χ2n) is 4.31. The van der Waals surface area contributed by atoms with Crippen LogP contribution in [0.2, 0.25) is 0 Å². The molecule has 2 nitrogen and oxygen atoms in total. The molecule has 1 unspecified atom stereocenters. The van der Waals surface area contributed by atoms with E-state index in [4.69, 9.17) is 5.11 Å². The first-order valence-electron chi connectivity index (χ1n) is 5.46. The van der Waals surface area contributed by atoms with Gasteiger partial charge in [-0.15, -0.1) is 0 Å². The minimum atomic E-state index is -0.408. The monoisotopic (exact) mass is 227 g/mol. The van der Waals surface area contributed by atoms with E-state index in [9.17, 15) is 8.78 Å². The highest BCUT2D eigenvalue weighted by Crippen LogP contribution is 2.19. The van der Waals surface area contributed by atoms with Gasteiger partial charge in [-0.1, -0.05) is 0 Å². The third-order valence-corrected chi connectivity index (χ3v) is 3.03. The number of aliphatic hydroxyl groups is 1. The number of likely N-dealkylation sites (tertiary alicyclic amines) is 1. The molecule has 1 fully saturated rings. The van der Waals surface area contributed by atoms with Gasteiger partial charge in [-0.05, 0) is 37.1 Å². The lowest BCUT2D eigenvalue weighted by molar-refractivity contribution is 0.219. The molecule has 4 heteroatoms. The second-order valence-corrected chi connectivity index (χ2v) is 4.31. The molecule has 0 amide bonds.